The van der Waals surface area contributed by atoms with Crippen LogP contribution in [0.3, 0.4) is 0 Å². The molecule has 92 valence electrons. The first-order valence-electron chi connectivity index (χ1n) is 6.10. The van der Waals surface area contributed by atoms with E-state index in [2.05, 4.69) is 23.8 Å². The Morgan fingerprint density at radius 1 is 1.24 bits per heavy atom. The highest BCUT2D eigenvalue weighted by Gasteiger charge is 2.32. The monoisotopic (exact) mass is 233 g/mol. The number of rotatable bonds is 4. The van der Waals surface area contributed by atoms with Crippen LogP contribution in [0, 0.1) is 6.92 Å². The minimum absolute atomic E-state index is 0.158. The summed E-state index contributed by atoms with van der Waals surface area (Å²) in [7, 11) is 0. The molecule has 0 bridgehead atoms. The van der Waals surface area contributed by atoms with Gasteiger partial charge in [-0.15, -0.1) is 0 Å². The van der Waals surface area contributed by atoms with E-state index in [9.17, 15) is 0 Å². The van der Waals surface area contributed by atoms with E-state index in [0.717, 1.165) is 30.0 Å². The highest BCUT2D eigenvalue weighted by Crippen LogP contribution is 2.31. The second-order valence-corrected chi connectivity index (χ2v) is 4.48. The van der Waals surface area contributed by atoms with Crippen molar-refractivity contribution in [1.29, 1.82) is 0 Å². The zero-order valence-corrected chi connectivity index (χ0v) is 10.7. The van der Waals surface area contributed by atoms with Crippen molar-refractivity contribution in [1.82, 2.24) is 9.97 Å². The van der Waals surface area contributed by atoms with Gasteiger partial charge in [0.25, 0.3) is 0 Å². The lowest BCUT2D eigenvalue weighted by molar-refractivity contribution is 0.316. The van der Waals surface area contributed by atoms with E-state index in [-0.39, 0.29) is 5.41 Å². The Labute approximate surface area is 101 Å². The van der Waals surface area contributed by atoms with Gasteiger partial charge in [0.05, 0.1) is 5.41 Å². The molecule has 0 unspecified atom stereocenters. The van der Waals surface area contributed by atoms with Crippen molar-refractivity contribution in [2.75, 3.05) is 6.54 Å². The third-order valence-corrected chi connectivity index (χ3v) is 3.59. The van der Waals surface area contributed by atoms with Crippen LogP contribution in [0.1, 0.15) is 38.3 Å². The first-order valence-corrected chi connectivity index (χ1v) is 6.10. The molecule has 2 aromatic heterocycles. The number of fused-ring (bicyclic) bond motifs is 1. The third-order valence-electron chi connectivity index (χ3n) is 3.59. The van der Waals surface area contributed by atoms with Gasteiger partial charge in [0, 0.05) is 12.2 Å². The summed E-state index contributed by atoms with van der Waals surface area (Å²) in [4.78, 5) is 8.87. The standard InChI is InChI=1S/C13H19N3O/c1-4-13(5-2,8-14)12-16-11-10(17-12)7-6-9(3)15-11/h6-7H,4-5,8,14H2,1-3H3. The largest absolute Gasteiger partial charge is 0.438 e. The minimum atomic E-state index is -0.158. The summed E-state index contributed by atoms with van der Waals surface area (Å²) in [6.45, 7) is 6.73. The van der Waals surface area contributed by atoms with Crippen molar-refractivity contribution in [2.45, 2.75) is 39.0 Å². The van der Waals surface area contributed by atoms with Crippen molar-refractivity contribution >= 4 is 11.2 Å². The predicted molar refractivity (Wildman–Crippen MR) is 67.9 cm³/mol. The summed E-state index contributed by atoms with van der Waals surface area (Å²) >= 11 is 0. The molecule has 4 nitrogen and oxygen atoms in total. The highest BCUT2D eigenvalue weighted by atomic mass is 16.3. The quantitative estimate of drug-likeness (QED) is 0.881. The number of pyridine rings is 1. The van der Waals surface area contributed by atoms with Gasteiger partial charge in [0.1, 0.15) is 0 Å². The number of aryl methyl sites for hydroxylation is 1. The maximum atomic E-state index is 5.89. The molecule has 0 saturated heterocycles. The molecule has 4 heteroatoms. The molecule has 0 aliphatic carbocycles. The van der Waals surface area contributed by atoms with Crippen LogP contribution >= 0.6 is 0 Å². The molecule has 0 aliphatic rings. The van der Waals surface area contributed by atoms with Gasteiger partial charge in [-0.05, 0) is 31.9 Å². The highest BCUT2D eigenvalue weighted by molar-refractivity contribution is 5.67. The van der Waals surface area contributed by atoms with Crippen LogP contribution in [0.25, 0.3) is 11.2 Å². The van der Waals surface area contributed by atoms with E-state index in [1.807, 2.05) is 19.1 Å². The fourth-order valence-corrected chi connectivity index (χ4v) is 2.07. The fraction of sp³-hybridized carbons (Fsp3) is 0.538. The van der Waals surface area contributed by atoms with Crippen LogP contribution in [0.15, 0.2) is 16.5 Å². The van der Waals surface area contributed by atoms with Crippen LogP contribution in [0.5, 0.6) is 0 Å². The number of hydrogen-bond donors (Lipinski definition) is 1. The van der Waals surface area contributed by atoms with Crippen molar-refractivity contribution in [3.8, 4) is 0 Å². The van der Waals surface area contributed by atoms with Crippen LogP contribution in [-0.2, 0) is 5.41 Å². The zero-order valence-electron chi connectivity index (χ0n) is 10.7. The van der Waals surface area contributed by atoms with Gasteiger partial charge in [0.2, 0.25) is 5.89 Å². The molecule has 0 saturated carbocycles. The first-order chi connectivity index (χ1) is 8.15. The SMILES string of the molecule is CCC(CC)(CN)c1nc2nc(C)ccc2o1. The van der Waals surface area contributed by atoms with Gasteiger partial charge in [-0.2, -0.15) is 4.98 Å². The molecule has 0 amide bonds. The van der Waals surface area contributed by atoms with Crippen molar-refractivity contribution in [3.63, 3.8) is 0 Å². The summed E-state index contributed by atoms with van der Waals surface area (Å²) in [5, 5.41) is 0. The topological polar surface area (TPSA) is 64.9 Å². The molecule has 2 N–H and O–H groups in total. The third kappa shape index (κ3) is 1.93. The maximum Gasteiger partial charge on any atom is 0.204 e. The average molecular weight is 233 g/mol. The van der Waals surface area contributed by atoms with Crippen LogP contribution in [0.2, 0.25) is 0 Å². The molecular weight excluding hydrogens is 214 g/mol. The Hall–Kier alpha value is -1.42. The lowest BCUT2D eigenvalue weighted by atomic mass is 9.82. The van der Waals surface area contributed by atoms with Gasteiger partial charge >= 0.3 is 0 Å². The Balaban J connectivity index is 2.55. The first kappa shape index (κ1) is 12.0. The lowest BCUT2D eigenvalue weighted by Gasteiger charge is -2.25. The molecule has 0 fully saturated rings. The fourth-order valence-electron chi connectivity index (χ4n) is 2.07. The molecule has 2 aromatic rings. The van der Waals surface area contributed by atoms with E-state index in [1.165, 1.54) is 0 Å². The van der Waals surface area contributed by atoms with E-state index < -0.39 is 0 Å². The van der Waals surface area contributed by atoms with Gasteiger partial charge in [-0.25, -0.2) is 4.98 Å². The predicted octanol–water partition coefficient (Wildman–Crippen LogP) is 2.55. The number of nitrogens with zero attached hydrogens (tertiary/aromatic N) is 2. The minimum Gasteiger partial charge on any atom is -0.438 e. The summed E-state index contributed by atoms with van der Waals surface area (Å²) < 4.78 is 5.81. The Kier molecular flexibility index (Phi) is 3.15. The molecule has 2 rings (SSSR count). The van der Waals surface area contributed by atoms with Gasteiger partial charge in [0.15, 0.2) is 11.2 Å². The molecular formula is C13H19N3O. The molecule has 17 heavy (non-hydrogen) atoms. The molecule has 0 radical (unpaired) electrons. The van der Waals surface area contributed by atoms with Gasteiger partial charge < -0.3 is 10.2 Å². The lowest BCUT2D eigenvalue weighted by Crippen LogP contribution is -2.34. The molecule has 0 spiro atoms. The van der Waals surface area contributed by atoms with E-state index >= 15 is 0 Å². The van der Waals surface area contributed by atoms with Crippen LogP contribution in [0.4, 0.5) is 0 Å². The summed E-state index contributed by atoms with van der Waals surface area (Å²) in [6.07, 6.45) is 1.84. The summed E-state index contributed by atoms with van der Waals surface area (Å²) in [6, 6.07) is 3.85. The molecule has 0 aliphatic heterocycles. The summed E-state index contributed by atoms with van der Waals surface area (Å²) in [5.41, 5.74) is 8.10. The average Bonchev–Trinajstić information content (AvgIpc) is 2.75. The smallest absolute Gasteiger partial charge is 0.204 e. The van der Waals surface area contributed by atoms with E-state index in [0.29, 0.717) is 12.2 Å². The number of aromatic nitrogens is 2. The van der Waals surface area contributed by atoms with E-state index in [1.54, 1.807) is 0 Å². The van der Waals surface area contributed by atoms with Crippen LogP contribution in [-0.4, -0.2) is 16.5 Å². The van der Waals surface area contributed by atoms with Gasteiger partial charge in [-0.1, -0.05) is 13.8 Å². The van der Waals surface area contributed by atoms with Crippen molar-refractivity contribution in [3.05, 3.63) is 23.7 Å². The molecule has 2 heterocycles. The second-order valence-electron chi connectivity index (χ2n) is 4.48. The maximum absolute atomic E-state index is 5.89. The molecule has 0 aromatic carbocycles. The normalized spacial score (nSPS) is 12.2. The zero-order chi connectivity index (χ0) is 12.5. The van der Waals surface area contributed by atoms with Crippen LogP contribution < -0.4 is 5.73 Å². The Bertz CT molecular complexity index is 506. The second kappa shape index (κ2) is 4.45. The number of nitrogens with two attached hydrogens (primary N) is 1. The number of oxazole rings is 1. The molecule has 0 atom stereocenters. The Morgan fingerprint density at radius 2 is 1.94 bits per heavy atom. The van der Waals surface area contributed by atoms with Gasteiger partial charge in [-0.3, -0.25) is 0 Å². The number of hydrogen-bond acceptors (Lipinski definition) is 4. The van der Waals surface area contributed by atoms with E-state index in [4.69, 9.17) is 10.2 Å². The Morgan fingerprint density at radius 3 is 2.53 bits per heavy atom. The summed E-state index contributed by atoms with van der Waals surface area (Å²) in [5.74, 6) is 0.720. The van der Waals surface area contributed by atoms with Crippen molar-refractivity contribution in [2.24, 2.45) is 5.73 Å². The van der Waals surface area contributed by atoms with Crippen molar-refractivity contribution < 1.29 is 4.42 Å².